The molecule has 0 aromatic carbocycles. The van der Waals surface area contributed by atoms with Crippen LogP contribution in [0, 0.1) is 0 Å². The van der Waals surface area contributed by atoms with Crippen molar-refractivity contribution in [2.24, 2.45) is 0 Å². The highest BCUT2D eigenvalue weighted by molar-refractivity contribution is 5.92. The zero-order valence-electron chi connectivity index (χ0n) is 9.16. The van der Waals surface area contributed by atoms with Crippen molar-refractivity contribution >= 4 is 5.91 Å². The Morgan fingerprint density at radius 1 is 1.53 bits per heavy atom. The van der Waals surface area contributed by atoms with E-state index in [1.165, 1.54) is 0 Å². The second-order valence-corrected chi connectivity index (χ2v) is 3.30. The summed E-state index contributed by atoms with van der Waals surface area (Å²) < 4.78 is 0. The quantitative estimate of drug-likeness (QED) is 0.763. The molecule has 0 radical (unpaired) electrons. The molecule has 0 spiro atoms. The van der Waals surface area contributed by atoms with Crippen LogP contribution in [0.3, 0.4) is 0 Å². The molecular formula is C12H16N2O. The maximum absolute atomic E-state index is 11.5. The highest BCUT2D eigenvalue weighted by Crippen LogP contribution is 1.97. The van der Waals surface area contributed by atoms with Crippen molar-refractivity contribution in [1.29, 1.82) is 0 Å². The summed E-state index contributed by atoms with van der Waals surface area (Å²) in [6, 6.07) is 5.65. The molecule has 1 aromatic heterocycles. The summed E-state index contributed by atoms with van der Waals surface area (Å²) in [6.45, 7) is 4.31. The number of nitrogens with zero attached hydrogens (tertiary/aromatic N) is 1. The molecule has 0 unspecified atom stereocenters. The number of aromatic nitrogens is 1. The maximum Gasteiger partial charge on any atom is 0.246 e. The van der Waals surface area contributed by atoms with E-state index in [9.17, 15) is 4.79 Å². The van der Waals surface area contributed by atoms with Gasteiger partial charge in [0.05, 0.1) is 12.2 Å². The van der Waals surface area contributed by atoms with Gasteiger partial charge in [0.2, 0.25) is 5.91 Å². The molecule has 0 aliphatic heterocycles. The lowest BCUT2D eigenvalue weighted by Crippen LogP contribution is -2.23. The molecule has 15 heavy (non-hydrogen) atoms. The molecule has 0 aliphatic carbocycles. The molecular weight excluding hydrogens is 188 g/mol. The number of hydrogen-bond donors (Lipinski definition) is 1. The first-order valence-corrected chi connectivity index (χ1v) is 5.09. The van der Waals surface area contributed by atoms with Crippen molar-refractivity contribution < 1.29 is 4.79 Å². The van der Waals surface area contributed by atoms with Crippen LogP contribution in [0.1, 0.15) is 26.0 Å². The summed E-state index contributed by atoms with van der Waals surface area (Å²) in [7, 11) is 0. The summed E-state index contributed by atoms with van der Waals surface area (Å²) in [5, 5.41) is 2.81. The van der Waals surface area contributed by atoms with Gasteiger partial charge in [-0.25, -0.2) is 0 Å². The van der Waals surface area contributed by atoms with Crippen LogP contribution < -0.4 is 5.32 Å². The van der Waals surface area contributed by atoms with E-state index in [-0.39, 0.29) is 5.91 Å². The zero-order valence-corrected chi connectivity index (χ0v) is 9.16. The van der Waals surface area contributed by atoms with E-state index in [0.717, 1.165) is 17.7 Å². The summed E-state index contributed by atoms with van der Waals surface area (Å²) >= 11 is 0. The van der Waals surface area contributed by atoms with Crippen LogP contribution in [-0.4, -0.2) is 10.9 Å². The van der Waals surface area contributed by atoms with E-state index in [0.29, 0.717) is 6.54 Å². The van der Waals surface area contributed by atoms with Gasteiger partial charge < -0.3 is 5.32 Å². The number of hydrogen-bond acceptors (Lipinski definition) is 2. The number of rotatable bonds is 4. The van der Waals surface area contributed by atoms with Gasteiger partial charge >= 0.3 is 0 Å². The van der Waals surface area contributed by atoms with E-state index in [1.807, 2.05) is 38.1 Å². The Labute approximate surface area is 90.2 Å². The van der Waals surface area contributed by atoms with Crippen LogP contribution in [-0.2, 0) is 11.3 Å². The largest absolute Gasteiger partial charge is 0.347 e. The fraction of sp³-hybridized carbons (Fsp3) is 0.333. The van der Waals surface area contributed by atoms with Crippen LogP contribution in [0.5, 0.6) is 0 Å². The third-order valence-corrected chi connectivity index (χ3v) is 2.02. The van der Waals surface area contributed by atoms with Gasteiger partial charge in [-0.2, -0.15) is 0 Å². The van der Waals surface area contributed by atoms with Crippen molar-refractivity contribution in [3.8, 4) is 0 Å². The Hall–Kier alpha value is -1.64. The van der Waals surface area contributed by atoms with Gasteiger partial charge in [0.1, 0.15) is 0 Å². The van der Waals surface area contributed by atoms with Gasteiger partial charge in [-0.3, -0.25) is 9.78 Å². The van der Waals surface area contributed by atoms with Crippen LogP contribution in [0.2, 0.25) is 0 Å². The molecule has 0 saturated heterocycles. The van der Waals surface area contributed by atoms with E-state index in [4.69, 9.17) is 0 Å². The smallest absolute Gasteiger partial charge is 0.246 e. The number of carbonyl (C=O) groups is 1. The van der Waals surface area contributed by atoms with E-state index in [1.54, 1.807) is 6.20 Å². The topological polar surface area (TPSA) is 42.0 Å². The fourth-order valence-electron chi connectivity index (χ4n) is 1.21. The summed E-state index contributed by atoms with van der Waals surface area (Å²) in [6.07, 6.45) is 4.51. The molecule has 80 valence electrons. The first-order valence-electron chi connectivity index (χ1n) is 5.09. The first-order chi connectivity index (χ1) is 7.24. The SMILES string of the molecule is CCC=C(C)C(=O)NCc1ccccn1. The Bertz CT molecular complexity index is 344. The number of pyridine rings is 1. The van der Waals surface area contributed by atoms with Crippen LogP contribution in [0.25, 0.3) is 0 Å². The van der Waals surface area contributed by atoms with Gasteiger partial charge in [0.25, 0.3) is 0 Å². The van der Waals surface area contributed by atoms with Crippen LogP contribution in [0.15, 0.2) is 36.0 Å². The molecule has 1 amide bonds. The Kier molecular flexibility index (Phi) is 4.54. The highest BCUT2D eigenvalue weighted by Gasteiger charge is 2.02. The molecule has 3 heteroatoms. The minimum Gasteiger partial charge on any atom is -0.347 e. The molecule has 1 N–H and O–H groups in total. The van der Waals surface area contributed by atoms with Crippen molar-refractivity contribution in [1.82, 2.24) is 10.3 Å². The van der Waals surface area contributed by atoms with E-state index in [2.05, 4.69) is 10.3 Å². The molecule has 0 bridgehead atoms. The van der Waals surface area contributed by atoms with Crippen molar-refractivity contribution in [2.75, 3.05) is 0 Å². The van der Waals surface area contributed by atoms with Crippen molar-refractivity contribution in [3.63, 3.8) is 0 Å². The van der Waals surface area contributed by atoms with Gasteiger partial charge in [0, 0.05) is 11.8 Å². The zero-order chi connectivity index (χ0) is 11.1. The Balaban J connectivity index is 2.45. The molecule has 0 aliphatic rings. The summed E-state index contributed by atoms with van der Waals surface area (Å²) in [5.41, 5.74) is 1.63. The van der Waals surface area contributed by atoms with E-state index < -0.39 is 0 Å². The standard InChI is InChI=1S/C12H16N2O/c1-3-6-10(2)12(15)14-9-11-7-4-5-8-13-11/h4-8H,3,9H2,1-2H3,(H,14,15). The first kappa shape index (κ1) is 11.4. The number of amides is 1. The minimum absolute atomic E-state index is 0.0255. The molecule has 0 atom stereocenters. The lowest BCUT2D eigenvalue weighted by Gasteiger charge is -2.04. The van der Waals surface area contributed by atoms with Crippen molar-refractivity contribution in [3.05, 3.63) is 41.7 Å². The van der Waals surface area contributed by atoms with Gasteiger partial charge in [0.15, 0.2) is 0 Å². The fourth-order valence-corrected chi connectivity index (χ4v) is 1.21. The van der Waals surface area contributed by atoms with E-state index >= 15 is 0 Å². The average molecular weight is 204 g/mol. The molecule has 3 nitrogen and oxygen atoms in total. The lowest BCUT2D eigenvalue weighted by molar-refractivity contribution is -0.117. The second-order valence-electron chi connectivity index (χ2n) is 3.30. The number of allylic oxidation sites excluding steroid dienone is 1. The van der Waals surface area contributed by atoms with Crippen LogP contribution in [0.4, 0.5) is 0 Å². The molecule has 0 fully saturated rings. The highest BCUT2D eigenvalue weighted by atomic mass is 16.1. The minimum atomic E-state index is -0.0255. The second kappa shape index (κ2) is 5.96. The molecule has 1 aromatic rings. The number of carbonyl (C=O) groups excluding carboxylic acids is 1. The lowest BCUT2D eigenvalue weighted by atomic mass is 10.2. The predicted octanol–water partition coefficient (Wildman–Crippen LogP) is 2.05. The van der Waals surface area contributed by atoms with Gasteiger partial charge in [-0.15, -0.1) is 0 Å². The molecule has 0 saturated carbocycles. The number of nitrogens with one attached hydrogen (secondary N) is 1. The maximum atomic E-state index is 11.5. The summed E-state index contributed by atoms with van der Waals surface area (Å²) in [4.78, 5) is 15.6. The monoisotopic (exact) mass is 204 g/mol. The third kappa shape index (κ3) is 3.94. The van der Waals surface area contributed by atoms with Crippen molar-refractivity contribution in [2.45, 2.75) is 26.8 Å². The normalized spacial score (nSPS) is 11.2. The summed E-state index contributed by atoms with van der Waals surface area (Å²) in [5.74, 6) is -0.0255. The third-order valence-electron chi connectivity index (χ3n) is 2.02. The Morgan fingerprint density at radius 3 is 2.93 bits per heavy atom. The Morgan fingerprint density at radius 2 is 2.33 bits per heavy atom. The van der Waals surface area contributed by atoms with Gasteiger partial charge in [-0.1, -0.05) is 19.1 Å². The van der Waals surface area contributed by atoms with Crippen LogP contribution >= 0.6 is 0 Å². The average Bonchev–Trinajstić information content (AvgIpc) is 2.27. The van der Waals surface area contributed by atoms with Gasteiger partial charge in [-0.05, 0) is 25.5 Å². The predicted molar refractivity (Wildman–Crippen MR) is 60.1 cm³/mol. The molecule has 1 rings (SSSR count). The molecule has 1 heterocycles.